The molecule has 2 heterocycles. The molecule has 5 rings (SSSR count). The van der Waals surface area contributed by atoms with Gasteiger partial charge in [-0.3, -0.25) is 14.9 Å². The maximum absolute atomic E-state index is 14.6. The molecule has 2 N–H and O–H groups in total. The van der Waals surface area contributed by atoms with E-state index in [2.05, 4.69) is 15.5 Å². The molecule has 1 saturated heterocycles. The summed E-state index contributed by atoms with van der Waals surface area (Å²) in [5, 5.41) is 15.3. The number of halogens is 4. The number of alkyl halides is 4. The molecule has 1 aliphatic heterocycles. The Bertz CT molecular complexity index is 1580. The molecule has 3 unspecified atom stereocenters. The molecule has 3 atom stereocenters. The van der Waals surface area contributed by atoms with Crippen LogP contribution in [0.1, 0.15) is 61.5 Å². The minimum absolute atomic E-state index is 0.122. The molecule has 0 radical (unpaired) electrons. The van der Waals surface area contributed by atoms with E-state index >= 15 is 0 Å². The fraction of sp³-hybridized carbons (Fsp3) is 0.516. The summed E-state index contributed by atoms with van der Waals surface area (Å²) in [5.74, 6) is -0.987. The van der Waals surface area contributed by atoms with Crippen molar-refractivity contribution in [1.82, 2.24) is 20.4 Å². The minimum atomic E-state index is -4.84. The van der Waals surface area contributed by atoms with E-state index in [4.69, 9.17) is 4.42 Å². The van der Waals surface area contributed by atoms with Crippen molar-refractivity contribution in [3.05, 3.63) is 47.5 Å². The number of benzene rings is 2. The van der Waals surface area contributed by atoms with E-state index < -0.39 is 41.8 Å². The maximum atomic E-state index is 14.6. The Balaban J connectivity index is 1.44. The fourth-order valence-electron chi connectivity index (χ4n) is 5.64. The van der Waals surface area contributed by atoms with Gasteiger partial charge in [0.25, 0.3) is 5.91 Å². The average molecular weight is 602 g/mol. The SMILES string of the molecule is CN(C)C1CCN(C(=O)c2ccc3oc4cc(C(NC(CC(C)(C)F)C(=O)NC5(C#N)CC5)C(F)(F)F)ccc4c3c2)C1. The lowest BCUT2D eigenvalue weighted by molar-refractivity contribution is -0.161. The molecule has 2 fully saturated rings. The fourth-order valence-corrected chi connectivity index (χ4v) is 5.64. The quantitative estimate of drug-likeness (QED) is 0.326. The van der Waals surface area contributed by atoms with Crippen molar-refractivity contribution in [2.24, 2.45) is 0 Å². The summed E-state index contributed by atoms with van der Waals surface area (Å²) in [4.78, 5) is 30.1. The third kappa shape index (κ3) is 6.63. The number of nitrogens with one attached hydrogen (secondary N) is 2. The second kappa shape index (κ2) is 11.1. The molecular formula is C31H35F4N5O3. The predicted octanol–water partition coefficient (Wildman–Crippen LogP) is 5.23. The summed E-state index contributed by atoms with van der Waals surface area (Å²) in [6.45, 7) is 3.61. The van der Waals surface area contributed by atoms with Gasteiger partial charge in [0.15, 0.2) is 0 Å². The van der Waals surface area contributed by atoms with Gasteiger partial charge in [-0.15, -0.1) is 0 Å². The van der Waals surface area contributed by atoms with E-state index in [1.54, 1.807) is 23.1 Å². The number of carbonyl (C=O) groups excluding carboxylic acids is 2. The molecule has 2 amide bonds. The van der Waals surface area contributed by atoms with Crippen molar-refractivity contribution in [2.45, 2.75) is 75.0 Å². The van der Waals surface area contributed by atoms with Crippen LogP contribution in [-0.4, -0.2) is 78.3 Å². The zero-order valence-electron chi connectivity index (χ0n) is 24.5. The number of hydrogen-bond donors (Lipinski definition) is 2. The third-order valence-electron chi connectivity index (χ3n) is 8.28. The van der Waals surface area contributed by atoms with Crippen molar-refractivity contribution in [3.8, 4) is 6.07 Å². The highest BCUT2D eigenvalue weighted by Gasteiger charge is 2.48. The monoisotopic (exact) mass is 601 g/mol. The van der Waals surface area contributed by atoms with Crippen LogP contribution in [0.4, 0.5) is 17.6 Å². The number of rotatable bonds is 9. The van der Waals surface area contributed by atoms with Gasteiger partial charge in [0.05, 0.1) is 12.1 Å². The van der Waals surface area contributed by atoms with Crippen LogP contribution in [0.2, 0.25) is 0 Å². The molecule has 43 heavy (non-hydrogen) atoms. The van der Waals surface area contributed by atoms with Crippen molar-refractivity contribution >= 4 is 33.8 Å². The molecule has 0 bridgehead atoms. The summed E-state index contributed by atoms with van der Waals surface area (Å²) in [6.07, 6.45) is -3.74. The number of nitriles is 1. The minimum Gasteiger partial charge on any atom is -0.456 e. The smallest absolute Gasteiger partial charge is 0.407 e. The van der Waals surface area contributed by atoms with E-state index in [0.29, 0.717) is 47.9 Å². The summed E-state index contributed by atoms with van der Waals surface area (Å²) in [5.41, 5.74) is -2.26. The van der Waals surface area contributed by atoms with Crippen LogP contribution in [0.3, 0.4) is 0 Å². The first-order valence-electron chi connectivity index (χ1n) is 14.3. The van der Waals surface area contributed by atoms with Gasteiger partial charge < -0.3 is 19.5 Å². The number of nitrogens with zero attached hydrogens (tertiary/aromatic N) is 3. The van der Waals surface area contributed by atoms with Gasteiger partial charge in [-0.1, -0.05) is 12.1 Å². The Hall–Kier alpha value is -3.69. The Morgan fingerprint density at radius 1 is 1.12 bits per heavy atom. The van der Waals surface area contributed by atoms with Gasteiger partial charge in [0.2, 0.25) is 5.91 Å². The van der Waals surface area contributed by atoms with E-state index in [9.17, 15) is 32.4 Å². The maximum Gasteiger partial charge on any atom is 0.407 e. The van der Waals surface area contributed by atoms with Gasteiger partial charge in [-0.25, -0.2) is 4.39 Å². The van der Waals surface area contributed by atoms with E-state index in [1.165, 1.54) is 32.0 Å². The Morgan fingerprint density at radius 3 is 2.42 bits per heavy atom. The van der Waals surface area contributed by atoms with Gasteiger partial charge in [0.1, 0.15) is 28.4 Å². The van der Waals surface area contributed by atoms with Crippen LogP contribution in [0.5, 0.6) is 0 Å². The molecule has 0 spiro atoms. The number of carbonyl (C=O) groups is 2. The highest BCUT2D eigenvalue weighted by atomic mass is 19.4. The normalized spacial score (nSPS) is 19.9. The first kappa shape index (κ1) is 30.8. The van der Waals surface area contributed by atoms with Gasteiger partial charge in [-0.2, -0.15) is 18.4 Å². The summed E-state index contributed by atoms with van der Waals surface area (Å²) >= 11 is 0. The van der Waals surface area contributed by atoms with Crippen molar-refractivity contribution < 1.29 is 31.6 Å². The summed E-state index contributed by atoms with van der Waals surface area (Å²) < 4.78 is 63.8. The molecule has 8 nitrogen and oxygen atoms in total. The Morgan fingerprint density at radius 2 is 1.84 bits per heavy atom. The lowest BCUT2D eigenvalue weighted by atomic mass is 9.97. The number of hydrogen-bond acceptors (Lipinski definition) is 6. The highest BCUT2D eigenvalue weighted by molar-refractivity contribution is 6.08. The average Bonchev–Trinajstić information content (AvgIpc) is 3.35. The Kier molecular flexibility index (Phi) is 7.94. The molecule has 230 valence electrons. The molecular weight excluding hydrogens is 566 g/mol. The van der Waals surface area contributed by atoms with Crippen molar-refractivity contribution in [3.63, 3.8) is 0 Å². The van der Waals surface area contributed by atoms with Crippen molar-refractivity contribution in [2.75, 3.05) is 27.2 Å². The highest BCUT2D eigenvalue weighted by Crippen LogP contribution is 2.39. The number of amides is 2. The third-order valence-corrected chi connectivity index (χ3v) is 8.28. The van der Waals surface area contributed by atoms with Crippen LogP contribution in [0, 0.1) is 11.3 Å². The molecule has 3 aromatic rings. The standard InChI is InChI=1S/C31H35F4N5O3/c1-29(2,32)15-23(27(41)38-30(17-36)10-11-30)37-26(31(33,34)35)18-5-7-21-22-13-19(6-8-24(22)43-25(21)14-18)28(42)40-12-9-20(16-40)39(3)4/h5-8,13-14,20,23,26,37H,9-12,15-16H2,1-4H3,(H,38,41). The molecule has 12 heteroatoms. The van der Waals surface area contributed by atoms with Crippen LogP contribution in [0.15, 0.2) is 40.8 Å². The van der Waals surface area contributed by atoms with Crippen LogP contribution >= 0.6 is 0 Å². The molecule has 2 aliphatic rings. The molecule has 1 aromatic heterocycles. The lowest BCUT2D eigenvalue weighted by Gasteiger charge is -2.30. The molecule has 1 aliphatic carbocycles. The Labute approximate surface area is 247 Å². The lowest BCUT2D eigenvalue weighted by Crippen LogP contribution is -2.53. The number of likely N-dealkylation sites (tertiary alicyclic amines) is 1. The predicted molar refractivity (Wildman–Crippen MR) is 153 cm³/mol. The first-order valence-corrected chi connectivity index (χ1v) is 14.3. The largest absolute Gasteiger partial charge is 0.456 e. The van der Waals surface area contributed by atoms with Gasteiger partial charge >= 0.3 is 6.18 Å². The molecule has 2 aromatic carbocycles. The van der Waals surface area contributed by atoms with E-state index in [-0.39, 0.29) is 23.1 Å². The van der Waals surface area contributed by atoms with Crippen LogP contribution in [-0.2, 0) is 4.79 Å². The number of likely N-dealkylation sites (N-methyl/N-ethyl adjacent to an activating group) is 1. The van der Waals surface area contributed by atoms with Gasteiger partial charge in [0, 0.05) is 41.9 Å². The number of fused-ring (bicyclic) bond motifs is 3. The van der Waals surface area contributed by atoms with Crippen molar-refractivity contribution in [1.29, 1.82) is 5.26 Å². The van der Waals surface area contributed by atoms with E-state index in [1.807, 2.05) is 20.2 Å². The first-order chi connectivity index (χ1) is 20.1. The summed E-state index contributed by atoms with van der Waals surface area (Å²) in [6, 6.07) is 7.36. The van der Waals surface area contributed by atoms with Crippen LogP contribution < -0.4 is 10.6 Å². The topological polar surface area (TPSA) is 102 Å². The zero-order chi connectivity index (χ0) is 31.3. The van der Waals surface area contributed by atoms with Crippen LogP contribution in [0.25, 0.3) is 21.9 Å². The number of furan rings is 1. The van der Waals surface area contributed by atoms with Gasteiger partial charge in [-0.05, 0) is 77.0 Å². The zero-order valence-corrected chi connectivity index (χ0v) is 24.5. The second-order valence-corrected chi connectivity index (χ2v) is 12.5. The molecule has 1 saturated carbocycles. The summed E-state index contributed by atoms with van der Waals surface area (Å²) in [7, 11) is 3.95. The second-order valence-electron chi connectivity index (χ2n) is 12.5. The van der Waals surface area contributed by atoms with E-state index in [0.717, 1.165) is 6.42 Å².